The van der Waals surface area contributed by atoms with Crippen LogP contribution in [0.2, 0.25) is 0 Å². The van der Waals surface area contributed by atoms with Crippen LogP contribution in [0, 0.1) is 0 Å². The summed E-state index contributed by atoms with van der Waals surface area (Å²) in [6.07, 6.45) is -23.1. The minimum atomic E-state index is -1.93. The molecule has 0 aromatic carbocycles. The first kappa shape index (κ1) is 48.2. The number of rotatable bonds is 28. The lowest BCUT2D eigenvalue weighted by Gasteiger charge is -2.48. The fourth-order valence-corrected chi connectivity index (χ4v) is 5.67. The molecule has 3 aliphatic heterocycles. The molecule has 3 fully saturated rings. The van der Waals surface area contributed by atoms with Gasteiger partial charge in [-0.25, -0.2) is 0 Å². The largest absolute Gasteiger partial charge is 0.394 e. The highest BCUT2D eigenvalue weighted by Crippen LogP contribution is 2.32. The fourth-order valence-electron chi connectivity index (χ4n) is 5.67. The summed E-state index contributed by atoms with van der Waals surface area (Å²) in [4.78, 5) is 0. The molecule has 324 valence electrons. The summed E-state index contributed by atoms with van der Waals surface area (Å²) in [6, 6.07) is 0. The van der Waals surface area contributed by atoms with Crippen LogP contribution >= 0.6 is 0 Å². The molecule has 0 amide bonds. The number of ether oxygens (including phenoxy) is 12. The Kier molecular flexibility index (Phi) is 23.5. The molecule has 0 radical (unpaired) electrons. The van der Waals surface area contributed by atoms with Crippen molar-refractivity contribution in [2.24, 2.45) is 0 Å². The first-order valence-corrected chi connectivity index (χ1v) is 18.1. The van der Waals surface area contributed by atoms with Gasteiger partial charge in [-0.2, -0.15) is 0 Å². The van der Waals surface area contributed by atoms with E-state index in [4.69, 9.17) is 56.8 Å². The van der Waals surface area contributed by atoms with E-state index in [0.717, 1.165) is 0 Å². The standard InChI is InChI=1S/C33H60O22/c1-2-3-44-4-5-45-6-7-46-8-9-47-10-11-48-12-13-49-14-15-50-31-27(42)24(39)29(20(17-35)52-31)55-33-28(43)25(40)30(21(18-36)53-33)54-32-26(41)23(38)22(37)19(16-34)51-32/h2,19-43H,1,3-18H2/t19-,20-,21-,22+,23+,24-,25-,26-,27-,28-,29-,30+,31-,32-,33+/m1/s1. The highest BCUT2D eigenvalue weighted by molar-refractivity contribution is 4.96. The van der Waals surface area contributed by atoms with Crippen LogP contribution in [0.3, 0.4) is 0 Å². The Bertz CT molecular complexity index is 995. The van der Waals surface area contributed by atoms with Gasteiger partial charge in [0.25, 0.3) is 0 Å². The third kappa shape index (κ3) is 15.2. The Morgan fingerprint density at radius 2 is 0.745 bits per heavy atom. The zero-order valence-corrected chi connectivity index (χ0v) is 30.6. The van der Waals surface area contributed by atoms with Gasteiger partial charge < -0.3 is 108 Å². The zero-order valence-electron chi connectivity index (χ0n) is 30.6. The smallest absolute Gasteiger partial charge is 0.187 e. The third-order valence-corrected chi connectivity index (χ3v) is 8.68. The maximum Gasteiger partial charge on any atom is 0.187 e. The molecule has 0 saturated carbocycles. The lowest BCUT2D eigenvalue weighted by Crippen LogP contribution is -2.66. The van der Waals surface area contributed by atoms with Crippen molar-refractivity contribution in [1.29, 1.82) is 0 Å². The van der Waals surface area contributed by atoms with Crippen molar-refractivity contribution in [3.8, 4) is 0 Å². The van der Waals surface area contributed by atoms with E-state index in [1.807, 2.05) is 0 Å². The first-order chi connectivity index (χ1) is 26.6. The number of aliphatic hydroxyl groups is 10. The molecule has 0 aliphatic carbocycles. The van der Waals surface area contributed by atoms with Gasteiger partial charge in [-0.15, -0.1) is 6.58 Å². The van der Waals surface area contributed by atoms with Crippen LogP contribution < -0.4 is 0 Å². The summed E-state index contributed by atoms with van der Waals surface area (Å²) in [5, 5.41) is 103. The zero-order chi connectivity index (χ0) is 40.2. The van der Waals surface area contributed by atoms with E-state index in [0.29, 0.717) is 59.5 Å². The first-order valence-electron chi connectivity index (χ1n) is 18.1. The quantitative estimate of drug-likeness (QED) is 0.0260. The molecule has 0 spiro atoms. The molecule has 0 aromatic rings. The van der Waals surface area contributed by atoms with Gasteiger partial charge in [0.1, 0.15) is 73.2 Å². The van der Waals surface area contributed by atoms with Gasteiger partial charge in [0.05, 0.1) is 106 Å². The summed E-state index contributed by atoms with van der Waals surface area (Å²) < 4.78 is 65.4. The maximum atomic E-state index is 10.9. The van der Waals surface area contributed by atoms with Crippen molar-refractivity contribution >= 4 is 0 Å². The molecule has 3 aliphatic rings. The van der Waals surface area contributed by atoms with E-state index in [2.05, 4.69) is 6.58 Å². The van der Waals surface area contributed by atoms with Gasteiger partial charge in [0.2, 0.25) is 0 Å². The molecule has 0 bridgehead atoms. The summed E-state index contributed by atoms with van der Waals surface area (Å²) in [7, 11) is 0. The Morgan fingerprint density at radius 1 is 0.400 bits per heavy atom. The van der Waals surface area contributed by atoms with Gasteiger partial charge in [-0.05, 0) is 0 Å². The molecule has 10 N–H and O–H groups in total. The summed E-state index contributed by atoms with van der Waals surface area (Å²) in [6.45, 7) is 5.69. The Hall–Kier alpha value is -1.14. The van der Waals surface area contributed by atoms with E-state index < -0.39 is 112 Å². The molecule has 3 saturated heterocycles. The van der Waals surface area contributed by atoms with E-state index in [9.17, 15) is 51.1 Å². The minimum absolute atomic E-state index is 0.0694. The second-order valence-corrected chi connectivity index (χ2v) is 12.6. The normalized spacial score (nSPS) is 36.9. The van der Waals surface area contributed by atoms with Crippen LogP contribution in [-0.4, -0.2) is 249 Å². The predicted molar refractivity (Wildman–Crippen MR) is 180 cm³/mol. The van der Waals surface area contributed by atoms with Crippen molar-refractivity contribution in [2.75, 3.05) is 106 Å². The van der Waals surface area contributed by atoms with Crippen molar-refractivity contribution in [1.82, 2.24) is 0 Å². The molecular weight excluding hydrogens is 748 g/mol. The van der Waals surface area contributed by atoms with Crippen molar-refractivity contribution in [3.05, 3.63) is 12.7 Å². The van der Waals surface area contributed by atoms with Gasteiger partial charge in [0.15, 0.2) is 18.9 Å². The Balaban J connectivity index is 1.30. The molecule has 55 heavy (non-hydrogen) atoms. The van der Waals surface area contributed by atoms with Crippen molar-refractivity contribution in [2.45, 2.75) is 92.1 Å². The SMILES string of the molecule is C=CCOCCOCCOCCOCCOCCOCCO[C@@H]1O[C@H](CO)[C@@H](O[C@@H]2O[C@H](CO)[C@H](O[C@H]3O[C@H](CO)[C@H](O)[C@H](O)[C@H]3O)[C@H](O)[C@H]2O)[C@H](O)[C@H]1O. The molecule has 0 aromatic heterocycles. The van der Waals surface area contributed by atoms with E-state index in [1.165, 1.54) is 0 Å². The second kappa shape index (κ2) is 26.8. The molecule has 3 rings (SSSR count). The Morgan fingerprint density at radius 3 is 1.16 bits per heavy atom. The lowest BCUT2D eigenvalue weighted by molar-refractivity contribution is -0.379. The summed E-state index contributed by atoms with van der Waals surface area (Å²) >= 11 is 0. The van der Waals surface area contributed by atoms with Crippen LogP contribution in [0.1, 0.15) is 0 Å². The summed E-state index contributed by atoms with van der Waals surface area (Å²) in [5.41, 5.74) is 0. The monoisotopic (exact) mass is 808 g/mol. The topological polar surface area (TPSA) is 313 Å². The maximum absolute atomic E-state index is 10.9. The van der Waals surface area contributed by atoms with E-state index in [-0.39, 0.29) is 26.4 Å². The molecule has 15 atom stereocenters. The van der Waals surface area contributed by atoms with Crippen molar-refractivity contribution in [3.63, 3.8) is 0 Å². The second-order valence-electron chi connectivity index (χ2n) is 12.6. The number of aliphatic hydroxyl groups excluding tert-OH is 10. The van der Waals surface area contributed by atoms with Gasteiger partial charge in [-0.3, -0.25) is 0 Å². The summed E-state index contributed by atoms with van der Waals surface area (Å²) in [5.74, 6) is 0. The highest BCUT2D eigenvalue weighted by Gasteiger charge is 2.53. The molecular formula is C33H60O22. The molecule has 3 heterocycles. The van der Waals surface area contributed by atoms with Crippen LogP contribution in [0.15, 0.2) is 12.7 Å². The highest BCUT2D eigenvalue weighted by atomic mass is 16.8. The van der Waals surface area contributed by atoms with Gasteiger partial charge in [0, 0.05) is 0 Å². The third-order valence-electron chi connectivity index (χ3n) is 8.68. The van der Waals surface area contributed by atoms with Crippen LogP contribution in [0.25, 0.3) is 0 Å². The minimum Gasteiger partial charge on any atom is -0.394 e. The van der Waals surface area contributed by atoms with Crippen LogP contribution in [0.5, 0.6) is 0 Å². The fraction of sp³-hybridized carbons (Fsp3) is 0.939. The van der Waals surface area contributed by atoms with Crippen LogP contribution in [-0.2, 0) is 56.8 Å². The lowest BCUT2D eigenvalue weighted by atomic mass is 9.96. The molecule has 22 heteroatoms. The van der Waals surface area contributed by atoms with E-state index in [1.54, 1.807) is 6.08 Å². The Labute approximate surface area is 318 Å². The molecule has 0 unspecified atom stereocenters. The average Bonchev–Trinajstić information content (AvgIpc) is 3.19. The average molecular weight is 809 g/mol. The van der Waals surface area contributed by atoms with Crippen molar-refractivity contribution < 1.29 is 108 Å². The molecule has 22 nitrogen and oxygen atoms in total. The number of hydrogen-bond acceptors (Lipinski definition) is 22. The predicted octanol–water partition coefficient (Wildman–Crippen LogP) is -6.26. The van der Waals surface area contributed by atoms with E-state index >= 15 is 0 Å². The van der Waals surface area contributed by atoms with Gasteiger partial charge in [-0.1, -0.05) is 6.08 Å². The number of hydrogen-bond donors (Lipinski definition) is 10. The van der Waals surface area contributed by atoms with Gasteiger partial charge >= 0.3 is 0 Å². The van der Waals surface area contributed by atoms with Crippen LogP contribution in [0.4, 0.5) is 0 Å².